The van der Waals surface area contributed by atoms with E-state index in [0.717, 1.165) is 11.1 Å². The number of benzene rings is 1. The highest BCUT2D eigenvalue weighted by Crippen LogP contribution is 2.28. The van der Waals surface area contributed by atoms with Crippen molar-refractivity contribution in [3.8, 4) is 17.1 Å². The summed E-state index contributed by atoms with van der Waals surface area (Å²) in [7, 11) is 1.83. The number of hydrogen-bond donors (Lipinski definition) is 1. The van der Waals surface area contributed by atoms with Gasteiger partial charge in [0.15, 0.2) is 0 Å². The minimum atomic E-state index is -0.265. The van der Waals surface area contributed by atoms with Gasteiger partial charge in [-0.05, 0) is 42.0 Å². The molecule has 1 amide bonds. The lowest BCUT2D eigenvalue weighted by molar-refractivity contribution is -0.126. The largest absolute Gasteiger partial charge is 0.508 e. The Morgan fingerprint density at radius 3 is 2.81 bits per heavy atom. The predicted octanol–water partition coefficient (Wildman–Crippen LogP) is 3.81. The molecule has 3 aromatic heterocycles. The maximum Gasteiger partial charge on any atom is 0.276 e. The van der Waals surface area contributed by atoms with E-state index in [9.17, 15) is 9.90 Å². The normalized spacial score (nSPS) is 15.1. The lowest BCUT2D eigenvalue weighted by atomic mass is 10.0. The fourth-order valence-corrected chi connectivity index (χ4v) is 3.41. The molecule has 1 aliphatic heterocycles. The number of carbonyl (C=O) groups is 1. The standard InChI is InChI=1S/C23H18N4O4/c1-26-13-17(11-24-26)21-6-5-19(31-21)10-20-22(16-7-8-30-14-16)25-27(23(20)29)12-15-3-2-4-18(28)9-15/h2-11,13-14,28H,12H2,1H3/b20-10-. The fourth-order valence-electron chi connectivity index (χ4n) is 3.41. The van der Waals surface area contributed by atoms with Crippen molar-refractivity contribution in [1.82, 2.24) is 14.8 Å². The molecule has 4 heterocycles. The number of hydrogen-bond acceptors (Lipinski definition) is 6. The van der Waals surface area contributed by atoms with Gasteiger partial charge in [0.1, 0.15) is 23.0 Å². The van der Waals surface area contributed by atoms with Crippen molar-refractivity contribution in [1.29, 1.82) is 0 Å². The van der Waals surface area contributed by atoms with Crippen LogP contribution in [0.2, 0.25) is 0 Å². The molecule has 8 heteroatoms. The molecule has 0 radical (unpaired) electrons. The average Bonchev–Trinajstić information content (AvgIpc) is 3.53. The summed E-state index contributed by atoms with van der Waals surface area (Å²) < 4.78 is 12.8. The van der Waals surface area contributed by atoms with Crippen LogP contribution in [-0.4, -0.2) is 31.5 Å². The first kappa shape index (κ1) is 18.7. The number of furan rings is 2. The highest BCUT2D eigenvalue weighted by molar-refractivity contribution is 6.32. The predicted molar refractivity (Wildman–Crippen MR) is 113 cm³/mol. The third kappa shape index (κ3) is 3.66. The second-order valence-electron chi connectivity index (χ2n) is 7.16. The molecule has 0 saturated heterocycles. The van der Waals surface area contributed by atoms with Crippen LogP contribution in [0.15, 0.2) is 86.9 Å². The van der Waals surface area contributed by atoms with Crippen molar-refractivity contribution >= 4 is 17.7 Å². The molecule has 0 atom stereocenters. The van der Waals surface area contributed by atoms with Gasteiger partial charge in [0.05, 0.1) is 36.4 Å². The molecule has 5 rings (SSSR count). The Bertz CT molecular complexity index is 1310. The number of carbonyl (C=O) groups excluding carboxylic acids is 1. The zero-order chi connectivity index (χ0) is 21.4. The molecule has 1 aliphatic rings. The van der Waals surface area contributed by atoms with Gasteiger partial charge in [-0.15, -0.1) is 0 Å². The molecule has 4 aromatic rings. The number of hydrazone groups is 1. The summed E-state index contributed by atoms with van der Waals surface area (Å²) >= 11 is 0. The Kier molecular flexibility index (Phi) is 4.51. The van der Waals surface area contributed by atoms with Crippen LogP contribution in [0.25, 0.3) is 17.4 Å². The monoisotopic (exact) mass is 414 g/mol. The van der Waals surface area contributed by atoms with Gasteiger partial charge >= 0.3 is 0 Å². The van der Waals surface area contributed by atoms with Gasteiger partial charge in [0.25, 0.3) is 5.91 Å². The van der Waals surface area contributed by atoms with Crippen molar-refractivity contribution < 1.29 is 18.7 Å². The highest BCUT2D eigenvalue weighted by Gasteiger charge is 2.32. The van der Waals surface area contributed by atoms with E-state index in [2.05, 4.69) is 10.2 Å². The van der Waals surface area contributed by atoms with E-state index in [1.54, 1.807) is 53.5 Å². The van der Waals surface area contributed by atoms with Crippen molar-refractivity contribution in [3.05, 3.63) is 89.8 Å². The maximum absolute atomic E-state index is 13.2. The van der Waals surface area contributed by atoms with Crippen LogP contribution >= 0.6 is 0 Å². The van der Waals surface area contributed by atoms with E-state index in [4.69, 9.17) is 8.83 Å². The van der Waals surface area contributed by atoms with Gasteiger partial charge < -0.3 is 13.9 Å². The molecular weight excluding hydrogens is 396 g/mol. The number of rotatable bonds is 5. The van der Waals surface area contributed by atoms with Crippen LogP contribution in [0.1, 0.15) is 16.9 Å². The first-order valence-corrected chi connectivity index (χ1v) is 9.59. The van der Waals surface area contributed by atoms with Crippen LogP contribution in [-0.2, 0) is 18.4 Å². The van der Waals surface area contributed by atoms with Gasteiger partial charge in [0, 0.05) is 18.8 Å². The SMILES string of the molecule is Cn1cc(-c2ccc(/C=C3\C(=O)N(Cc4cccc(O)c4)N=C3c3ccoc3)o2)cn1. The second kappa shape index (κ2) is 7.49. The van der Waals surface area contributed by atoms with Crippen LogP contribution in [0.4, 0.5) is 0 Å². The molecule has 0 aliphatic carbocycles. The Morgan fingerprint density at radius 2 is 2.06 bits per heavy atom. The first-order chi connectivity index (χ1) is 15.1. The van der Waals surface area contributed by atoms with Gasteiger partial charge in [-0.25, -0.2) is 5.01 Å². The summed E-state index contributed by atoms with van der Waals surface area (Å²) in [6, 6.07) is 12.1. The Balaban J connectivity index is 1.49. The molecule has 0 fully saturated rings. The number of phenols is 1. The van der Waals surface area contributed by atoms with Crippen molar-refractivity contribution in [2.75, 3.05) is 0 Å². The molecule has 0 spiro atoms. The maximum atomic E-state index is 13.2. The smallest absolute Gasteiger partial charge is 0.276 e. The molecule has 0 saturated carbocycles. The zero-order valence-electron chi connectivity index (χ0n) is 16.6. The van der Waals surface area contributed by atoms with E-state index in [1.165, 1.54) is 11.3 Å². The summed E-state index contributed by atoms with van der Waals surface area (Å²) in [4.78, 5) is 13.2. The third-order valence-electron chi connectivity index (χ3n) is 4.88. The summed E-state index contributed by atoms with van der Waals surface area (Å²) in [6.45, 7) is 0.227. The Labute approximate surface area is 177 Å². The number of nitrogens with zero attached hydrogens (tertiary/aromatic N) is 4. The molecule has 1 aromatic carbocycles. The van der Waals surface area contributed by atoms with E-state index >= 15 is 0 Å². The van der Waals surface area contributed by atoms with E-state index in [-0.39, 0.29) is 18.2 Å². The summed E-state index contributed by atoms with van der Waals surface area (Å²) in [5.41, 5.74) is 3.20. The quantitative estimate of drug-likeness (QED) is 0.501. The average molecular weight is 414 g/mol. The summed E-state index contributed by atoms with van der Waals surface area (Å²) in [5, 5.41) is 19.8. The molecule has 0 bridgehead atoms. The van der Waals surface area contributed by atoms with E-state index in [1.807, 2.05) is 25.4 Å². The molecule has 1 N–H and O–H groups in total. The number of aromatic nitrogens is 2. The first-order valence-electron chi connectivity index (χ1n) is 9.59. The Morgan fingerprint density at radius 1 is 1.16 bits per heavy atom. The summed E-state index contributed by atoms with van der Waals surface area (Å²) in [6.07, 6.45) is 8.32. The third-order valence-corrected chi connectivity index (χ3v) is 4.88. The second-order valence-corrected chi connectivity index (χ2v) is 7.16. The minimum Gasteiger partial charge on any atom is -0.508 e. The van der Waals surface area contributed by atoms with Gasteiger partial charge in [-0.3, -0.25) is 9.48 Å². The van der Waals surface area contributed by atoms with Crippen molar-refractivity contribution in [2.45, 2.75) is 6.54 Å². The van der Waals surface area contributed by atoms with E-state index in [0.29, 0.717) is 28.4 Å². The zero-order valence-corrected chi connectivity index (χ0v) is 16.6. The van der Waals surface area contributed by atoms with Gasteiger partial charge in [0.2, 0.25) is 0 Å². The summed E-state index contributed by atoms with van der Waals surface area (Å²) in [5.74, 6) is 1.05. The molecule has 154 valence electrons. The topological polar surface area (TPSA) is 97.0 Å². The van der Waals surface area contributed by atoms with Crippen molar-refractivity contribution in [2.24, 2.45) is 12.1 Å². The lowest BCUT2D eigenvalue weighted by Crippen LogP contribution is -2.21. The van der Waals surface area contributed by atoms with Gasteiger partial charge in [-0.1, -0.05) is 12.1 Å². The van der Waals surface area contributed by atoms with Gasteiger partial charge in [-0.2, -0.15) is 10.2 Å². The van der Waals surface area contributed by atoms with Crippen LogP contribution in [0.5, 0.6) is 5.75 Å². The Hall–Kier alpha value is -4.33. The molecule has 31 heavy (non-hydrogen) atoms. The van der Waals surface area contributed by atoms with Crippen LogP contribution in [0.3, 0.4) is 0 Å². The van der Waals surface area contributed by atoms with Crippen LogP contribution < -0.4 is 0 Å². The van der Waals surface area contributed by atoms with Crippen LogP contribution in [0, 0.1) is 0 Å². The molecular formula is C23H18N4O4. The molecule has 8 nitrogen and oxygen atoms in total. The highest BCUT2D eigenvalue weighted by atomic mass is 16.3. The number of phenolic OH excluding ortho intramolecular Hbond substituents is 1. The lowest BCUT2D eigenvalue weighted by Gasteiger charge is -2.11. The fraction of sp³-hybridized carbons (Fsp3) is 0.0870. The molecule has 0 unspecified atom stereocenters. The van der Waals surface area contributed by atoms with E-state index < -0.39 is 0 Å². The number of amides is 1. The number of aryl methyl sites for hydroxylation is 1. The number of aromatic hydroxyl groups is 1. The van der Waals surface area contributed by atoms with Crippen molar-refractivity contribution in [3.63, 3.8) is 0 Å². The minimum absolute atomic E-state index is 0.137.